The minimum Gasteiger partial charge on any atom is -0.460 e. The van der Waals surface area contributed by atoms with Crippen molar-refractivity contribution in [3.8, 4) is 11.3 Å². The molecule has 0 bridgehead atoms. The van der Waals surface area contributed by atoms with E-state index in [1.54, 1.807) is 0 Å². The van der Waals surface area contributed by atoms with Gasteiger partial charge in [-0.3, -0.25) is 4.68 Å². The summed E-state index contributed by atoms with van der Waals surface area (Å²) in [6.45, 7) is 5.91. The summed E-state index contributed by atoms with van der Waals surface area (Å²) < 4.78 is 7.65. The Morgan fingerprint density at radius 1 is 1.35 bits per heavy atom. The number of rotatable bonds is 5. The van der Waals surface area contributed by atoms with Crippen molar-refractivity contribution in [2.75, 3.05) is 6.54 Å². The molecule has 1 N–H and O–H groups in total. The minimum atomic E-state index is 0.776. The predicted octanol–water partition coefficient (Wildman–Crippen LogP) is 2.35. The van der Waals surface area contributed by atoms with E-state index in [-0.39, 0.29) is 0 Å². The average Bonchev–Trinajstić information content (AvgIpc) is 2.92. The van der Waals surface area contributed by atoms with Crippen LogP contribution in [-0.4, -0.2) is 16.3 Å². The molecule has 0 aliphatic heterocycles. The van der Waals surface area contributed by atoms with E-state index >= 15 is 0 Å². The number of hydrogen-bond donors (Lipinski definition) is 1. The first kappa shape index (κ1) is 11.9. The highest BCUT2D eigenvalue weighted by Crippen LogP contribution is 2.25. The molecule has 0 saturated heterocycles. The largest absolute Gasteiger partial charge is 0.460 e. The second kappa shape index (κ2) is 5.19. The van der Waals surface area contributed by atoms with Gasteiger partial charge in [0.05, 0.1) is 17.8 Å². The molecular weight excluding hydrogens is 214 g/mol. The molecule has 0 radical (unpaired) electrons. The zero-order valence-corrected chi connectivity index (χ0v) is 10.7. The first-order valence-corrected chi connectivity index (χ1v) is 6.07. The second-order valence-electron chi connectivity index (χ2n) is 4.06. The molecule has 0 aliphatic rings. The van der Waals surface area contributed by atoms with Gasteiger partial charge >= 0.3 is 0 Å². The molecule has 2 rings (SSSR count). The Labute approximate surface area is 102 Å². The zero-order valence-electron chi connectivity index (χ0n) is 10.7. The fourth-order valence-corrected chi connectivity index (χ4v) is 1.87. The molecule has 0 aromatic carbocycles. The summed E-state index contributed by atoms with van der Waals surface area (Å²) in [7, 11) is 1.94. The van der Waals surface area contributed by atoms with Gasteiger partial charge in [0.15, 0.2) is 0 Å². The third kappa shape index (κ3) is 2.58. The summed E-state index contributed by atoms with van der Waals surface area (Å²) in [6.07, 6.45) is 2.92. The standard InChI is InChI=1S/C13H19N3O/c1-4-12-11(9-16(3)15-12)13-7-6-10(17-13)8-14-5-2/h6-7,9,14H,4-5,8H2,1-3H3. The third-order valence-corrected chi connectivity index (χ3v) is 2.72. The van der Waals surface area contributed by atoms with Crippen molar-refractivity contribution in [2.24, 2.45) is 7.05 Å². The number of aryl methyl sites for hydroxylation is 2. The Morgan fingerprint density at radius 3 is 2.88 bits per heavy atom. The first-order chi connectivity index (χ1) is 8.24. The van der Waals surface area contributed by atoms with Crippen LogP contribution in [0.3, 0.4) is 0 Å². The number of nitrogens with one attached hydrogen (secondary N) is 1. The van der Waals surface area contributed by atoms with Crippen molar-refractivity contribution in [1.82, 2.24) is 15.1 Å². The van der Waals surface area contributed by atoms with Crippen molar-refractivity contribution >= 4 is 0 Å². The molecule has 0 saturated carbocycles. The highest BCUT2D eigenvalue weighted by Gasteiger charge is 2.12. The van der Waals surface area contributed by atoms with Crippen LogP contribution in [0.1, 0.15) is 25.3 Å². The van der Waals surface area contributed by atoms with Crippen LogP contribution in [0, 0.1) is 0 Å². The minimum absolute atomic E-state index is 0.776. The zero-order chi connectivity index (χ0) is 12.3. The monoisotopic (exact) mass is 233 g/mol. The smallest absolute Gasteiger partial charge is 0.137 e. The maximum absolute atomic E-state index is 5.81. The Bertz CT molecular complexity index is 485. The van der Waals surface area contributed by atoms with Crippen LogP contribution in [0.25, 0.3) is 11.3 Å². The number of aromatic nitrogens is 2. The summed E-state index contributed by atoms with van der Waals surface area (Å²) in [6, 6.07) is 4.04. The number of hydrogen-bond acceptors (Lipinski definition) is 3. The summed E-state index contributed by atoms with van der Waals surface area (Å²) in [5.74, 6) is 1.87. The SMILES string of the molecule is CCNCc1ccc(-c2cn(C)nc2CC)o1. The summed E-state index contributed by atoms with van der Waals surface area (Å²) >= 11 is 0. The molecule has 4 heteroatoms. The van der Waals surface area contributed by atoms with E-state index in [4.69, 9.17) is 4.42 Å². The number of nitrogens with zero attached hydrogens (tertiary/aromatic N) is 2. The molecule has 4 nitrogen and oxygen atoms in total. The second-order valence-corrected chi connectivity index (χ2v) is 4.06. The van der Waals surface area contributed by atoms with Crippen LogP contribution in [-0.2, 0) is 20.0 Å². The Kier molecular flexibility index (Phi) is 3.64. The lowest BCUT2D eigenvalue weighted by atomic mass is 10.2. The molecule has 0 amide bonds. The first-order valence-electron chi connectivity index (χ1n) is 6.07. The lowest BCUT2D eigenvalue weighted by Crippen LogP contribution is -2.10. The maximum Gasteiger partial charge on any atom is 0.137 e. The van der Waals surface area contributed by atoms with E-state index < -0.39 is 0 Å². The van der Waals surface area contributed by atoms with E-state index in [1.807, 2.05) is 30.1 Å². The molecule has 17 heavy (non-hydrogen) atoms. The fraction of sp³-hybridized carbons (Fsp3) is 0.462. The van der Waals surface area contributed by atoms with Gasteiger partial charge < -0.3 is 9.73 Å². The van der Waals surface area contributed by atoms with Crippen LogP contribution in [0.2, 0.25) is 0 Å². The number of furan rings is 1. The molecule has 0 aliphatic carbocycles. The summed E-state index contributed by atoms with van der Waals surface area (Å²) in [4.78, 5) is 0. The summed E-state index contributed by atoms with van der Waals surface area (Å²) in [5, 5.41) is 7.67. The Morgan fingerprint density at radius 2 is 2.18 bits per heavy atom. The molecule has 0 atom stereocenters. The Balaban J connectivity index is 2.23. The molecule has 2 aromatic rings. The van der Waals surface area contributed by atoms with Gasteiger partial charge in [-0.15, -0.1) is 0 Å². The highest BCUT2D eigenvalue weighted by atomic mass is 16.3. The molecule has 2 heterocycles. The van der Waals surface area contributed by atoms with Crippen LogP contribution >= 0.6 is 0 Å². The van der Waals surface area contributed by atoms with Crippen LogP contribution in [0.15, 0.2) is 22.7 Å². The molecule has 0 spiro atoms. The molecule has 2 aromatic heterocycles. The quantitative estimate of drug-likeness (QED) is 0.862. The Hall–Kier alpha value is -1.55. The third-order valence-electron chi connectivity index (χ3n) is 2.72. The lowest BCUT2D eigenvalue weighted by Gasteiger charge is -1.98. The predicted molar refractivity (Wildman–Crippen MR) is 67.7 cm³/mol. The lowest BCUT2D eigenvalue weighted by molar-refractivity contribution is 0.498. The highest BCUT2D eigenvalue weighted by molar-refractivity contribution is 5.59. The van der Waals surface area contributed by atoms with Crippen LogP contribution in [0.4, 0.5) is 0 Å². The van der Waals surface area contributed by atoms with Crippen molar-refractivity contribution in [1.29, 1.82) is 0 Å². The van der Waals surface area contributed by atoms with Gasteiger partial charge in [-0.05, 0) is 25.1 Å². The summed E-state index contributed by atoms with van der Waals surface area (Å²) in [5.41, 5.74) is 2.18. The van der Waals surface area contributed by atoms with Gasteiger partial charge in [0.2, 0.25) is 0 Å². The maximum atomic E-state index is 5.81. The van der Waals surface area contributed by atoms with Crippen LogP contribution in [0.5, 0.6) is 0 Å². The molecular formula is C13H19N3O. The van der Waals surface area contributed by atoms with Gasteiger partial charge in [-0.1, -0.05) is 13.8 Å². The van der Waals surface area contributed by atoms with Gasteiger partial charge in [0, 0.05) is 13.2 Å². The van der Waals surface area contributed by atoms with Crippen molar-refractivity contribution in [3.63, 3.8) is 0 Å². The molecule has 0 fully saturated rings. The van der Waals surface area contributed by atoms with Gasteiger partial charge in [0.25, 0.3) is 0 Å². The van der Waals surface area contributed by atoms with Crippen molar-refractivity contribution in [2.45, 2.75) is 26.8 Å². The fourth-order valence-electron chi connectivity index (χ4n) is 1.87. The van der Waals surface area contributed by atoms with E-state index in [9.17, 15) is 0 Å². The van der Waals surface area contributed by atoms with Gasteiger partial charge in [0.1, 0.15) is 11.5 Å². The normalized spacial score (nSPS) is 11.0. The van der Waals surface area contributed by atoms with E-state index in [2.05, 4.69) is 24.3 Å². The van der Waals surface area contributed by atoms with E-state index in [0.29, 0.717) is 0 Å². The topological polar surface area (TPSA) is 43.0 Å². The van der Waals surface area contributed by atoms with E-state index in [1.165, 1.54) is 0 Å². The van der Waals surface area contributed by atoms with Crippen molar-refractivity contribution in [3.05, 3.63) is 29.8 Å². The van der Waals surface area contributed by atoms with Crippen LogP contribution < -0.4 is 5.32 Å². The van der Waals surface area contributed by atoms with Gasteiger partial charge in [-0.25, -0.2) is 0 Å². The molecule has 92 valence electrons. The average molecular weight is 233 g/mol. The van der Waals surface area contributed by atoms with E-state index in [0.717, 1.165) is 42.3 Å². The van der Waals surface area contributed by atoms with Gasteiger partial charge in [-0.2, -0.15) is 5.10 Å². The van der Waals surface area contributed by atoms with Crippen molar-refractivity contribution < 1.29 is 4.42 Å². The molecule has 0 unspecified atom stereocenters.